The topological polar surface area (TPSA) is 24.9 Å². The van der Waals surface area contributed by atoms with Gasteiger partial charge in [0.2, 0.25) is 0 Å². The number of aromatic nitrogens is 1. The molecule has 0 saturated heterocycles. The smallest absolute Gasteiger partial charge is 0.126 e. The van der Waals surface area contributed by atoms with Crippen LogP contribution in [-0.2, 0) is 0 Å². The van der Waals surface area contributed by atoms with Gasteiger partial charge in [-0.1, -0.05) is 6.92 Å². The van der Waals surface area contributed by atoms with E-state index in [4.69, 9.17) is 6.42 Å². The van der Waals surface area contributed by atoms with Gasteiger partial charge in [-0.3, -0.25) is 0 Å². The first kappa shape index (κ1) is 12.1. The van der Waals surface area contributed by atoms with Crippen LogP contribution in [0.3, 0.4) is 0 Å². The van der Waals surface area contributed by atoms with Gasteiger partial charge in [-0.25, -0.2) is 4.98 Å². The third kappa shape index (κ3) is 3.56. The summed E-state index contributed by atoms with van der Waals surface area (Å²) in [4.78, 5) is 4.42. The van der Waals surface area contributed by atoms with Crippen LogP contribution in [0.1, 0.15) is 25.5 Å². The first-order valence-electron chi connectivity index (χ1n) is 5.00. The number of rotatable bonds is 4. The SMILES string of the molecule is C#CCC(CC)Nc1ccc(Br)c(C)n1. The van der Waals surface area contributed by atoms with Gasteiger partial charge in [0.1, 0.15) is 5.82 Å². The Kier molecular flexibility index (Phi) is 4.64. The molecular formula is C12H15BrN2. The first-order chi connectivity index (χ1) is 7.17. The maximum absolute atomic E-state index is 5.29. The lowest BCUT2D eigenvalue weighted by Crippen LogP contribution is -2.18. The quantitative estimate of drug-likeness (QED) is 0.846. The van der Waals surface area contributed by atoms with Crippen molar-refractivity contribution in [2.45, 2.75) is 32.7 Å². The van der Waals surface area contributed by atoms with E-state index in [1.165, 1.54) is 0 Å². The van der Waals surface area contributed by atoms with E-state index in [1.54, 1.807) is 0 Å². The van der Waals surface area contributed by atoms with E-state index in [9.17, 15) is 0 Å². The molecule has 0 aliphatic rings. The molecule has 0 aliphatic carbocycles. The van der Waals surface area contributed by atoms with Crippen molar-refractivity contribution in [1.29, 1.82) is 0 Å². The summed E-state index contributed by atoms with van der Waals surface area (Å²) >= 11 is 3.42. The molecule has 0 amide bonds. The van der Waals surface area contributed by atoms with Gasteiger partial charge >= 0.3 is 0 Å². The summed E-state index contributed by atoms with van der Waals surface area (Å²) in [6.45, 7) is 4.08. The number of hydrogen-bond donors (Lipinski definition) is 1. The Morgan fingerprint density at radius 1 is 1.60 bits per heavy atom. The molecule has 0 aliphatic heterocycles. The second-order valence-corrected chi connectivity index (χ2v) is 4.28. The van der Waals surface area contributed by atoms with Gasteiger partial charge in [0, 0.05) is 16.9 Å². The monoisotopic (exact) mass is 266 g/mol. The molecule has 1 N–H and O–H groups in total. The van der Waals surface area contributed by atoms with Crippen LogP contribution in [-0.4, -0.2) is 11.0 Å². The van der Waals surface area contributed by atoms with Crippen LogP contribution in [0, 0.1) is 19.3 Å². The number of hydrogen-bond acceptors (Lipinski definition) is 2. The predicted octanol–water partition coefficient (Wildman–Crippen LogP) is 3.37. The third-order valence-corrected chi connectivity index (χ3v) is 3.07. The van der Waals surface area contributed by atoms with Gasteiger partial charge in [0.25, 0.3) is 0 Å². The second-order valence-electron chi connectivity index (χ2n) is 3.42. The first-order valence-corrected chi connectivity index (χ1v) is 5.79. The summed E-state index contributed by atoms with van der Waals surface area (Å²) < 4.78 is 1.03. The van der Waals surface area contributed by atoms with Gasteiger partial charge < -0.3 is 5.32 Å². The van der Waals surface area contributed by atoms with Gasteiger partial charge in [0.05, 0.1) is 5.69 Å². The summed E-state index contributed by atoms with van der Waals surface area (Å²) in [5.74, 6) is 3.55. The Bertz CT molecular complexity index is 368. The highest BCUT2D eigenvalue weighted by Gasteiger charge is 2.05. The van der Waals surface area contributed by atoms with E-state index in [0.29, 0.717) is 6.04 Å². The number of pyridine rings is 1. The number of nitrogens with one attached hydrogen (secondary N) is 1. The molecule has 1 unspecified atom stereocenters. The maximum Gasteiger partial charge on any atom is 0.126 e. The molecule has 1 aromatic rings. The zero-order chi connectivity index (χ0) is 11.3. The highest BCUT2D eigenvalue weighted by atomic mass is 79.9. The summed E-state index contributed by atoms with van der Waals surface area (Å²) in [5, 5.41) is 3.32. The van der Waals surface area contributed by atoms with Crippen molar-refractivity contribution < 1.29 is 0 Å². The van der Waals surface area contributed by atoms with E-state index in [1.807, 2.05) is 19.1 Å². The highest BCUT2D eigenvalue weighted by Crippen LogP contribution is 2.17. The average molecular weight is 267 g/mol. The minimum atomic E-state index is 0.308. The van der Waals surface area contributed by atoms with Crippen molar-refractivity contribution in [2.24, 2.45) is 0 Å². The molecule has 3 heteroatoms. The molecule has 80 valence electrons. The minimum absolute atomic E-state index is 0.308. The Labute approximate surface area is 99.6 Å². The number of aryl methyl sites for hydroxylation is 1. The zero-order valence-electron chi connectivity index (χ0n) is 9.05. The lowest BCUT2D eigenvalue weighted by atomic mass is 10.1. The molecule has 0 bridgehead atoms. The molecule has 0 fully saturated rings. The molecule has 0 aromatic carbocycles. The van der Waals surface area contributed by atoms with Crippen molar-refractivity contribution in [3.8, 4) is 12.3 Å². The summed E-state index contributed by atoms with van der Waals surface area (Å²) in [6, 6.07) is 4.26. The highest BCUT2D eigenvalue weighted by molar-refractivity contribution is 9.10. The van der Waals surface area contributed by atoms with Crippen molar-refractivity contribution >= 4 is 21.7 Å². The number of nitrogens with zero attached hydrogens (tertiary/aromatic N) is 1. The molecule has 1 heterocycles. The minimum Gasteiger partial charge on any atom is -0.366 e. The molecule has 1 rings (SSSR count). The molecule has 1 atom stereocenters. The van der Waals surface area contributed by atoms with Crippen LogP contribution in [0.4, 0.5) is 5.82 Å². The largest absolute Gasteiger partial charge is 0.366 e. The van der Waals surface area contributed by atoms with Crippen LogP contribution >= 0.6 is 15.9 Å². The molecule has 0 spiro atoms. The van der Waals surface area contributed by atoms with Crippen molar-refractivity contribution in [1.82, 2.24) is 4.98 Å². The van der Waals surface area contributed by atoms with E-state index in [2.05, 4.69) is 39.1 Å². The van der Waals surface area contributed by atoms with E-state index in [0.717, 1.165) is 28.8 Å². The summed E-state index contributed by atoms with van der Waals surface area (Å²) in [7, 11) is 0. The van der Waals surface area contributed by atoms with Crippen LogP contribution in [0.2, 0.25) is 0 Å². The predicted molar refractivity (Wildman–Crippen MR) is 67.8 cm³/mol. The van der Waals surface area contributed by atoms with Gasteiger partial charge in [0.15, 0.2) is 0 Å². The van der Waals surface area contributed by atoms with Crippen LogP contribution in [0.15, 0.2) is 16.6 Å². The summed E-state index contributed by atoms with van der Waals surface area (Å²) in [5.41, 5.74) is 0.982. The van der Waals surface area contributed by atoms with E-state index >= 15 is 0 Å². The van der Waals surface area contributed by atoms with E-state index in [-0.39, 0.29) is 0 Å². The Morgan fingerprint density at radius 3 is 2.87 bits per heavy atom. The Balaban J connectivity index is 2.71. The average Bonchev–Trinajstić information content (AvgIpc) is 2.23. The lowest BCUT2D eigenvalue weighted by Gasteiger charge is -2.15. The fraction of sp³-hybridized carbons (Fsp3) is 0.417. The number of anilines is 1. The number of halogens is 1. The normalized spacial score (nSPS) is 11.9. The van der Waals surface area contributed by atoms with Gasteiger partial charge in [-0.05, 0) is 41.4 Å². The van der Waals surface area contributed by atoms with Crippen LogP contribution in [0.25, 0.3) is 0 Å². The fourth-order valence-electron chi connectivity index (χ4n) is 1.27. The van der Waals surface area contributed by atoms with Crippen LogP contribution in [0.5, 0.6) is 0 Å². The molecule has 0 radical (unpaired) electrons. The second kappa shape index (κ2) is 5.77. The van der Waals surface area contributed by atoms with Crippen molar-refractivity contribution in [2.75, 3.05) is 5.32 Å². The van der Waals surface area contributed by atoms with Crippen molar-refractivity contribution in [3.63, 3.8) is 0 Å². The van der Waals surface area contributed by atoms with Gasteiger partial charge in [-0.15, -0.1) is 12.3 Å². The molecule has 2 nitrogen and oxygen atoms in total. The number of terminal acetylenes is 1. The standard InChI is InChI=1S/C12H15BrN2/c1-4-6-10(5-2)15-12-8-7-11(13)9(3)14-12/h1,7-8,10H,5-6H2,2-3H3,(H,14,15). The Hall–Kier alpha value is -1.01. The van der Waals surface area contributed by atoms with Gasteiger partial charge in [-0.2, -0.15) is 0 Å². The van der Waals surface area contributed by atoms with Crippen molar-refractivity contribution in [3.05, 3.63) is 22.3 Å². The van der Waals surface area contributed by atoms with Crippen LogP contribution < -0.4 is 5.32 Å². The fourth-order valence-corrected chi connectivity index (χ4v) is 1.49. The Morgan fingerprint density at radius 2 is 2.33 bits per heavy atom. The molecule has 1 aromatic heterocycles. The van der Waals surface area contributed by atoms with E-state index < -0.39 is 0 Å². The third-order valence-electron chi connectivity index (χ3n) is 2.23. The zero-order valence-corrected chi connectivity index (χ0v) is 10.6. The molecular weight excluding hydrogens is 252 g/mol. The maximum atomic E-state index is 5.29. The molecule has 0 saturated carbocycles. The molecule has 15 heavy (non-hydrogen) atoms. The lowest BCUT2D eigenvalue weighted by molar-refractivity contribution is 0.711. The summed E-state index contributed by atoms with van der Waals surface area (Å²) in [6.07, 6.45) is 7.03.